The number of likely N-dealkylation sites (tertiary alicyclic amines) is 1. The minimum Gasteiger partial charge on any atom is -0.508 e. The quantitative estimate of drug-likeness (QED) is 0.0607. The molecule has 3 aliphatic rings. The summed E-state index contributed by atoms with van der Waals surface area (Å²) >= 11 is 0. The highest BCUT2D eigenvalue weighted by molar-refractivity contribution is 7.92. The topological polar surface area (TPSA) is 232 Å². The van der Waals surface area contributed by atoms with Crippen LogP contribution >= 0.6 is 0 Å². The lowest BCUT2D eigenvalue weighted by molar-refractivity contribution is -0.126. The first kappa shape index (κ1) is 54.1. The van der Waals surface area contributed by atoms with E-state index in [1.54, 1.807) is 37.4 Å². The van der Waals surface area contributed by atoms with E-state index >= 15 is 0 Å². The van der Waals surface area contributed by atoms with Crippen LogP contribution < -0.4 is 29.5 Å². The number of piperidine rings is 2. The molecule has 2 amide bonds. The largest absolute Gasteiger partial charge is 0.508 e. The van der Waals surface area contributed by atoms with Gasteiger partial charge in [0, 0.05) is 50.4 Å². The van der Waals surface area contributed by atoms with Crippen LogP contribution in [-0.4, -0.2) is 111 Å². The summed E-state index contributed by atoms with van der Waals surface area (Å²) in [6, 6.07) is 31.4. The summed E-state index contributed by atoms with van der Waals surface area (Å²) in [5, 5.41) is 46.3. The molecular formula is C59H67N11O8S. The van der Waals surface area contributed by atoms with Crippen LogP contribution in [0.25, 0.3) is 17.1 Å². The van der Waals surface area contributed by atoms with E-state index in [1.165, 1.54) is 32.9 Å². The minimum absolute atomic E-state index is 0.00171. The van der Waals surface area contributed by atoms with Crippen LogP contribution in [0.5, 0.6) is 23.3 Å². The van der Waals surface area contributed by atoms with Gasteiger partial charge >= 0.3 is 6.01 Å². The Balaban J connectivity index is 0.691. The molecule has 7 aromatic rings. The first-order chi connectivity index (χ1) is 37.9. The van der Waals surface area contributed by atoms with Gasteiger partial charge in [0.25, 0.3) is 5.91 Å². The summed E-state index contributed by atoms with van der Waals surface area (Å²) in [6.45, 7) is 12.4. The molecule has 0 spiro atoms. The van der Waals surface area contributed by atoms with Gasteiger partial charge in [-0.15, -0.1) is 5.10 Å². The molecule has 1 unspecified atom stereocenters. The third-order valence-corrected chi connectivity index (χ3v) is 16.4. The molecule has 20 heteroatoms. The Bertz CT molecular complexity index is 3480. The Kier molecular flexibility index (Phi) is 15.5. The van der Waals surface area contributed by atoms with Gasteiger partial charge in [0.15, 0.2) is 11.6 Å². The van der Waals surface area contributed by atoms with Crippen molar-refractivity contribution in [1.82, 2.24) is 34.9 Å². The van der Waals surface area contributed by atoms with E-state index in [0.29, 0.717) is 66.7 Å². The molecule has 2 fully saturated rings. The molecule has 2 saturated heterocycles. The van der Waals surface area contributed by atoms with Crippen molar-refractivity contribution in [2.24, 2.45) is 11.8 Å². The minimum atomic E-state index is -3.93. The van der Waals surface area contributed by atoms with Gasteiger partial charge in [0.1, 0.15) is 22.9 Å². The number of sulfonamides is 1. The number of hydrogen-bond acceptors (Lipinski definition) is 15. The van der Waals surface area contributed by atoms with Crippen molar-refractivity contribution in [2.75, 3.05) is 65.5 Å². The van der Waals surface area contributed by atoms with Gasteiger partial charge in [-0.05, 0) is 136 Å². The smallest absolute Gasteiger partial charge is 0.319 e. The molecule has 5 aromatic carbocycles. The van der Waals surface area contributed by atoms with Crippen LogP contribution in [0.4, 0.5) is 34.5 Å². The van der Waals surface area contributed by atoms with Crippen molar-refractivity contribution in [3.8, 4) is 40.3 Å². The molecule has 0 bridgehead atoms. The van der Waals surface area contributed by atoms with Crippen molar-refractivity contribution in [3.63, 3.8) is 0 Å². The molecular weight excluding hydrogens is 1020 g/mol. The SMILES string of the molecule is CCOc1cc(N2CCC(C(=O)NC(C)c3ccc(CN4CCC(Cc5ccc(-n6c(O)nnc6-c6cc(C(C)C)c(O)cc6O)cc5)CC4)cc3)CC2)ccc1Nc1ncc2c(n1)N(S(C)(=O)=O)c1ccccc1C(=O)N2C. The van der Waals surface area contributed by atoms with Crippen LogP contribution in [0.15, 0.2) is 109 Å². The molecule has 2 aromatic heterocycles. The van der Waals surface area contributed by atoms with Crippen LogP contribution in [0.3, 0.4) is 0 Å². The van der Waals surface area contributed by atoms with Gasteiger partial charge in [-0.1, -0.05) is 67.5 Å². The van der Waals surface area contributed by atoms with Gasteiger partial charge in [-0.2, -0.15) is 4.98 Å². The lowest BCUT2D eigenvalue weighted by Gasteiger charge is -2.34. The zero-order valence-electron chi connectivity index (χ0n) is 45.3. The fourth-order valence-corrected chi connectivity index (χ4v) is 11.9. The Labute approximate surface area is 460 Å². The summed E-state index contributed by atoms with van der Waals surface area (Å²) in [4.78, 5) is 42.3. The number of carbonyl (C=O) groups is 2. The Morgan fingerprint density at radius 2 is 1.49 bits per heavy atom. The number of benzene rings is 5. The summed E-state index contributed by atoms with van der Waals surface area (Å²) in [5.41, 5.74) is 7.36. The van der Waals surface area contributed by atoms with Crippen molar-refractivity contribution >= 4 is 56.4 Å². The number of ether oxygens (including phenoxy) is 1. The second-order valence-electron chi connectivity index (χ2n) is 21.1. The zero-order chi connectivity index (χ0) is 55.7. The Hall–Kier alpha value is -8.23. The maximum atomic E-state index is 13.7. The van der Waals surface area contributed by atoms with Gasteiger partial charge in [0.2, 0.25) is 21.9 Å². The maximum absolute atomic E-state index is 13.7. The molecule has 412 valence electrons. The fraction of sp³-hybridized carbons (Fsp3) is 0.356. The molecule has 0 aliphatic carbocycles. The number of phenols is 2. The number of hydrogen-bond donors (Lipinski definition) is 5. The van der Waals surface area contributed by atoms with E-state index in [9.17, 15) is 33.3 Å². The van der Waals surface area contributed by atoms with Gasteiger partial charge in [0.05, 0.1) is 53.3 Å². The first-order valence-electron chi connectivity index (χ1n) is 26.9. The number of anilines is 6. The second kappa shape index (κ2) is 22.6. The predicted molar refractivity (Wildman–Crippen MR) is 305 cm³/mol. The Morgan fingerprint density at radius 3 is 2.19 bits per heavy atom. The third kappa shape index (κ3) is 11.5. The second-order valence-corrected chi connectivity index (χ2v) is 22.9. The number of para-hydroxylation sites is 1. The molecule has 5 N–H and O–H groups in total. The number of fused-ring (bicyclic) bond motifs is 2. The van der Waals surface area contributed by atoms with Crippen molar-refractivity contribution < 1.29 is 38.1 Å². The molecule has 3 aliphatic heterocycles. The van der Waals surface area contributed by atoms with E-state index in [2.05, 4.69) is 77.0 Å². The summed E-state index contributed by atoms with van der Waals surface area (Å²) in [6.07, 6.45) is 6.99. The number of phenolic OH excluding ortho intramolecular Hbond substituents is 2. The Morgan fingerprint density at radius 1 is 0.797 bits per heavy atom. The maximum Gasteiger partial charge on any atom is 0.319 e. The van der Waals surface area contributed by atoms with Gasteiger partial charge < -0.3 is 40.5 Å². The number of nitrogens with one attached hydrogen (secondary N) is 2. The lowest BCUT2D eigenvalue weighted by Crippen LogP contribution is -2.41. The van der Waals surface area contributed by atoms with Crippen LogP contribution in [0.2, 0.25) is 0 Å². The van der Waals surface area contributed by atoms with Crippen molar-refractivity contribution in [1.29, 1.82) is 0 Å². The highest BCUT2D eigenvalue weighted by Gasteiger charge is 2.36. The first-order valence-corrected chi connectivity index (χ1v) is 28.7. The summed E-state index contributed by atoms with van der Waals surface area (Å²) in [7, 11) is -2.37. The number of rotatable bonds is 16. The summed E-state index contributed by atoms with van der Waals surface area (Å²) in [5.74, 6) is 0.926. The summed E-state index contributed by atoms with van der Waals surface area (Å²) < 4.78 is 35.2. The number of aromatic hydroxyl groups is 3. The average molecular weight is 1090 g/mol. The monoisotopic (exact) mass is 1090 g/mol. The van der Waals surface area contributed by atoms with E-state index < -0.39 is 10.0 Å². The van der Waals surface area contributed by atoms with E-state index in [-0.39, 0.29) is 81.7 Å². The lowest BCUT2D eigenvalue weighted by atomic mass is 9.90. The van der Waals surface area contributed by atoms with Crippen molar-refractivity contribution in [3.05, 3.63) is 137 Å². The van der Waals surface area contributed by atoms with Crippen molar-refractivity contribution in [2.45, 2.75) is 78.3 Å². The zero-order valence-corrected chi connectivity index (χ0v) is 46.1. The molecule has 10 rings (SSSR count). The number of nitrogens with zero attached hydrogens (tertiary/aromatic N) is 9. The number of carbonyl (C=O) groups excluding carboxylic acids is 2. The highest BCUT2D eigenvalue weighted by Crippen LogP contribution is 2.43. The van der Waals surface area contributed by atoms with E-state index in [0.717, 1.165) is 60.7 Å². The fourth-order valence-electron chi connectivity index (χ4n) is 11.0. The standard InChI is InChI=1S/C59H67N11O8S/c1-7-78-53-31-44(20-21-48(53)62-58-60-34-50-55(63-58)70(79(6,76)77)49-11-9-8-10-45(49)57(74)66(50)5)68-28-24-42(25-29-68)56(73)61-37(4)41-16-12-40(13-17-41)35-67-26-22-39(23-27-67)30-38-14-18-43(19-15-38)69-54(64-65-59(69)75)47-32-46(36(2)3)51(71)33-52(47)72/h8-21,31-34,36-37,39,42,71-72H,7,22-30,35H2,1-6H3,(H,61,73)(H,65,75)(H,60,62,63). The molecule has 0 saturated carbocycles. The van der Waals surface area contributed by atoms with Crippen LogP contribution in [0.1, 0.15) is 97.9 Å². The van der Waals surface area contributed by atoms with Crippen LogP contribution in [0, 0.1) is 11.8 Å². The number of amides is 2. The predicted octanol–water partition coefficient (Wildman–Crippen LogP) is 9.34. The average Bonchev–Trinajstić information content (AvgIpc) is 4.07. The molecule has 79 heavy (non-hydrogen) atoms. The van der Waals surface area contributed by atoms with E-state index in [1.807, 2.05) is 58.0 Å². The third-order valence-electron chi connectivity index (χ3n) is 15.4. The molecule has 1 atom stereocenters. The normalized spacial score (nSPS) is 15.9. The van der Waals surface area contributed by atoms with E-state index in [4.69, 9.17) is 4.74 Å². The molecule has 0 radical (unpaired) electrons. The van der Waals surface area contributed by atoms with Gasteiger partial charge in [-0.3, -0.25) is 14.5 Å². The van der Waals surface area contributed by atoms with Gasteiger partial charge in [-0.25, -0.2) is 22.3 Å². The highest BCUT2D eigenvalue weighted by atomic mass is 32.2. The molecule has 19 nitrogen and oxygen atoms in total. The molecule has 5 heterocycles. The number of aromatic nitrogens is 5. The van der Waals surface area contributed by atoms with Crippen LogP contribution in [-0.2, 0) is 27.8 Å².